The summed E-state index contributed by atoms with van der Waals surface area (Å²) < 4.78 is 24.2. The molecule has 0 fully saturated rings. The number of amides is 1. The highest BCUT2D eigenvalue weighted by atomic mass is 19.1. The average molecular weight is 332 g/mol. The van der Waals surface area contributed by atoms with Gasteiger partial charge in [-0.2, -0.15) is 0 Å². The molecule has 6 heteroatoms. The summed E-state index contributed by atoms with van der Waals surface area (Å²) in [7, 11) is 2.90. The molecule has 0 saturated carbocycles. The van der Waals surface area contributed by atoms with Crippen LogP contribution in [0.4, 0.5) is 10.1 Å². The summed E-state index contributed by atoms with van der Waals surface area (Å²) in [5.74, 6) is -0.0701. The Kier molecular flexibility index (Phi) is 6.01. The van der Waals surface area contributed by atoms with Crippen LogP contribution in [0, 0.1) is 5.82 Å². The maximum atomic E-state index is 14.0. The molecule has 0 heterocycles. The van der Waals surface area contributed by atoms with Gasteiger partial charge in [-0.3, -0.25) is 4.79 Å². The number of rotatable bonds is 7. The fourth-order valence-corrected chi connectivity index (χ4v) is 2.28. The molecule has 0 aromatic heterocycles. The SMILES string of the molecule is COc1cc(F)c(NCC(=O)NC(C)c2ccccc2)cc1OC. The standard InChI is InChI=1S/C18H21FN2O3/c1-12(13-7-5-4-6-8-13)21-18(22)11-20-15-10-17(24-3)16(23-2)9-14(15)19/h4-10,12,20H,11H2,1-3H3,(H,21,22). The lowest BCUT2D eigenvalue weighted by Gasteiger charge is -2.16. The van der Waals surface area contributed by atoms with Crippen molar-refractivity contribution in [2.45, 2.75) is 13.0 Å². The van der Waals surface area contributed by atoms with Crippen LogP contribution in [0.25, 0.3) is 0 Å². The van der Waals surface area contributed by atoms with E-state index in [1.54, 1.807) is 0 Å². The van der Waals surface area contributed by atoms with Gasteiger partial charge in [-0.15, -0.1) is 0 Å². The number of ether oxygens (including phenoxy) is 2. The van der Waals surface area contributed by atoms with Crippen molar-refractivity contribution in [1.29, 1.82) is 0 Å². The van der Waals surface area contributed by atoms with E-state index in [0.29, 0.717) is 11.5 Å². The van der Waals surface area contributed by atoms with Crippen LogP contribution in [0.1, 0.15) is 18.5 Å². The van der Waals surface area contributed by atoms with E-state index in [1.165, 1.54) is 26.4 Å². The lowest BCUT2D eigenvalue weighted by molar-refractivity contribution is -0.120. The zero-order valence-corrected chi connectivity index (χ0v) is 13.9. The van der Waals surface area contributed by atoms with Crippen LogP contribution in [-0.4, -0.2) is 26.7 Å². The first-order valence-corrected chi connectivity index (χ1v) is 7.55. The lowest BCUT2D eigenvalue weighted by atomic mass is 10.1. The second-order valence-electron chi connectivity index (χ2n) is 5.24. The van der Waals surface area contributed by atoms with Gasteiger partial charge in [0, 0.05) is 12.1 Å². The molecular weight excluding hydrogens is 311 g/mol. The Hall–Kier alpha value is -2.76. The van der Waals surface area contributed by atoms with Crippen LogP contribution in [0.3, 0.4) is 0 Å². The molecule has 1 atom stereocenters. The summed E-state index contributed by atoms with van der Waals surface area (Å²) in [6, 6.07) is 12.2. The van der Waals surface area contributed by atoms with Crippen molar-refractivity contribution in [1.82, 2.24) is 5.32 Å². The molecule has 24 heavy (non-hydrogen) atoms. The van der Waals surface area contributed by atoms with Crippen LogP contribution >= 0.6 is 0 Å². The summed E-state index contributed by atoms with van der Waals surface area (Å²) in [6.45, 7) is 1.84. The van der Waals surface area contributed by atoms with Crippen molar-refractivity contribution in [3.63, 3.8) is 0 Å². The minimum absolute atomic E-state index is 0.0520. The van der Waals surface area contributed by atoms with E-state index in [9.17, 15) is 9.18 Å². The number of carbonyl (C=O) groups excluding carboxylic acids is 1. The Morgan fingerprint density at radius 2 is 1.75 bits per heavy atom. The normalized spacial score (nSPS) is 11.5. The molecule has 2 rings (SSSR count). The summed E-state index contributed by atoms with van der Waals surface area (Å²) in [5.41, 5.74) is 1.18. The molecule has 0 radical (unpaired) electrons. The van der Waals surface area contributed by atoms with Gasteiger partial charge < -0.3 is 20.1 Å². The van der Waals surface area contributed by atoms with Crippen molar-refractivity contribution in [2.24, 2.45) is 0 Å². The Labute approximate surface area is 140 Å². The zero-order valence-electron chi connectivity index (χ0n) is 13.9. The molecule has 0 bridgehead atoms. The number of hydrogen-bond donors (Lipinski definition) is 2. The first-order chi connectivity index (χ1) is 11.5. The molecule has 2 N–H and O–H groups in total. The highest BCUT2D eigenvalue weighted by Gasteiger charge is 2.13. The van der Waals surface area contributed by atoms with Gasteiger partial charge in [0.2, 0.25) is 5.91 Å². The van der Waals surface area contributed by atoms with E-state index in [2.05, 4.69) is 10.6 Å². The van der Waals surface area contributed by atoms with Crippen molar-refractivity contribution in [3.8, 4) is 11.5 Å². The number of benzene rings is 2. The van der Waals surface area contributed by atoms with Crippen LogP contribution in [-0.2, 0) is 4.79 Å². The molecule has 1 unspecified atom stereocenters. The minimum atomic E-state index is -0.517. The van der Waals surface area contributed by atoms with Crippen LogP contribution in [0.5, 0.6) is 11.5 Å². The molecule has 128 valence electrons. The second-order valence-corrected chi connectivity index (χ2v) is 5.24. The number of carbonyl (C=O) groups is 1. The van der Waals surface area contributed by atoms with E-state index in [0.717, 1.165) is 5.56 Å². The smallest absolute Gasteiger partial charge is 0.239 e. The van der Waals surface area contributed by atoms with E-state index >= 15 is 0 Å². The van der Waals surface area contributed by atoms with Crippen molar-refractivity contribution >= 4 is 11.6 Å². The molecule has 0 aliphatic carbocycles. The third-order valence-corrected chi connectivity index (χ3v) is 3.59. The number of hydrogen-bond acceptors (Lipinski definition) is 4. The minimum Gasteiger partial charge on any atom is -0.493 e. The zero-order chi connectivity index (χ0) is 17.5. The first-order valence-electron chi connectivity index (χ1n) is 7.55. The van der Waals surface area contributed by atoms with Gasteiger partial charge in [-0.1, -0.05) is 30.3 Å². The highest BCUT2D eigenvalue weighted by molar-refractivity contribution is 5.81. The summed E-state index contributed by atoms with van der Waals surface area (Å²) in [6.07, 6.45) is 0. The van der Waals surface area contributed by atoms with E-state index in [4.69, 9.17) is 9.47 Å². The number of nitrogens with one attached hydrogen (secondary N) is 2. The van der Waals surface area contributed by atoms with Crippen LogP contribution in [0.2, 0.25) is 0 Å². The summed E-state index contributed by atoms with van der Waals surface area (Å²) >= 11 is 0. The van der Waals surface area contributed by atoms with Gasteiger partial charge in [0.1, 0.15) is 5.82 Å². The van der Waals surface area contributed by atoms with Crippen molar-refractivity contribution < 1.29 is 18.7 Å². The van der Waals surface area contributed by atoms with Gasteiger partial charge in [0.05, 0.1) is 32.5 Å². The molecule has 0 aliphatic rings. The fourth-order valence-electron chi connectivity index (χ4n) is 2.28. The third kappa shape index (κ3) is 4.38. The molecule has 0 spiro atoms. The largest absolute Gasteiger partial charge is 0.493 e. The average Bonchev–Trinajstić information content (AvgIpc) is 2.61. The molecule has 2 aromatic carbocycles. The molecule has 5 nitrogen and oxygen atoms in total. The van der Waals surface area contributed by atoms with E-state index < -0.39 is 5.82 Å². The number of anilines is 1. The van der Waals surface area contributed by atoms with E-state index in [-0.39, 0.29) is 24.2 Å². The third-order valence-electron chi connectivity index (χ3n) is 3.59. The van der Waals surface area contributed by atoms with Gasteiger partial charge in [0.25, 0.3) is 0 Å². The molecular formula is C18H21FN2O3. The van der Waals surface area contributed by atoms with Crippen molar-refractivity contribution in [2.75, 3.05) is 26.1 Å². The van der Waals surface area contributed by atoms with Gasteiger partial charge >= 0.3 is 0 Å². The second kappa shape index (κ2) is 8.19. The van der Waals surface area contributed by atoms with Crippen LogP contribution in [0.15, 0.2) is 42.5 Å². The molecule has 0 aliphatic heterocycles. The maximum absolute atomic E-state index is 14.0. The maximum Gasteiger partial charge on any atom is 0.239 e. The van der Waals surface area contributed by atoms with Gasteiger partial charge in [-0.25, -0.2) is 4.39 Å². The quantitative estimate of drug-likeness (QED) is 0.818. The lowest BCUT2D eigenvalue weighted by Crippen LogP contribution is -2.32. The van der Waals surface area contributed by atoms with E-state index in [1.807, 2.05) is 37.3 Å². The Morgan fingerprint density at radius 3 is 2.38 bits per heavy atom. The Balaban J connectivity index is 1.96. The van der Waals surface area contributed by atoms with Crippen molar-refractivity contribution in [3.05, 3.63) is 53.8 Å². The van der Waals surface area contributed by atoms with Crippen LogP contribution < -0.4 is 20.1 Å². The van der Waals surface area contributed by atoms with Gasteiger partial charge in [0.15, 0.2) is 11.5 Å². The molecule has 1 amide bonds. The molecule has 0 saturated heterocycles. The Bertz CT molecular complexity index is 692. The predicted octanol–water partition coefficient (Wildman–Crippen LogP) is 3.13. The predicted molar refractivity (Wildman–Crippen MR) is 91.0 cm³/mol. The monoisotopic (exact) mass is 332 g/mol. The summed E-state index contributed by atoms with van der Waals surface area (Å²) in [4.78, 5) is 12.0. The Morgan fingerprint density at radius 1 is 1.12 bits per heavy atom. The first kappa shape index (κ1) is 17.6. The topological polar surface area (TPSA) is 59.6 Å². The molecule has 2 aromatic rings. The summed E-state index contributed by atoms with van der Waals surface area (Å²) in [5, 5.41) is 5.63. The highest BCUT2D eigenvalue weighted by Crippen LogP contribution is 2.32. The fraction of sp³-hybridized carbons (Fsp3) is 0.278. The van der Waals surface area contributed by atoms with Gasteiger partial charge in [-0.05, 0) is 12.5 Å². The number of halogens is 1. The number of methoxy groups -OCH3 is 2.